The van der Waals surface area contributed by atoms with Crippen molar-refractivity contribution < 1.29 is 9.90 Å². The quantitative estimate of drug-likeness (QED) is 0.904. The molecular formula is C18H23N3O2S. The standard InChI is InChI=1S/C18H23N3O2S/c1-2-16(11-22)20-7-9-21(10-8-20)18(23)15-5-3-14(4-6-15)17-12-24-13-19-17/h3-6,12-13,16,22H,2,7-11H2,1H3. The number of carbonyl (C=O) groups is 1. The minimum atomic E-state index is 0.0801. The summed E-state index contributed by atoms with van der Waals surface area (Å²) in [5.74, 6) is 0.0801. The van der Waals surface area contributed by atoms with Gasteiger partial charge in [0.25, 0.3) is 5.91 Å². The van der Waals surface area contributed by atoms with Crippen LogP contribution in [0.15, 0.2) is 35.2 Å². The molecule has 0 saturated carbocycles. The Morgan fingerprint density at radius 1 is 1.25 bits per heavy atom. The predicted molar refractivity (Wildman–Crippen MR) is 96.2 cm³/mol. The summed E-state index contributed by atoms with van der Waals surface area (Å²) < 4.78 is 0. The molecule has 1 aliphatic heterocycles. The van der Waals surface area contributed by atoms with Gasteiger partial charge < -0.3 is 10.0 Å². The van der Waals surface area contributed by atoms with E-state index in [1.54, 1.807) is 11.3 Å². The van der Waals surface area contributed by atoms with E-state index in [1.165, 1.54) is 0 Å². The van der Waals surface area contributed by atoms with E-state index in [-0.39, 0.29) is 18.6 Å². The Morgan fingerprint density at radius 3 is 2.50 bits per heavy atom. The van der Waals surface area contributed by atoms with Gasteiger partial charge in [-0.1, -0.05) is 19.1 Å². The fraction of sp³-hybridized carbons (Fsp3) is 0.444. The van der Waals surface area contributed by atoms with Gasteiger partial charge in [-0.3, -0.25) is 9.69 Å². The van der Waals surface area contributed by atoms with Crippen LogP contribution in [0.1, 0.15) is 23.7 Å². The molecule has 2 heterocycles. The molecule has 128 valence electrons. The van der Waals surface area contributed by atoms with Crippen LogP contribution in [0.3, 0.4) is 0 Å². The number of aliphatic hydroxyl groups excluding tert-OH is 1. The lowest BCUT2D eigenvalue weighted by Gasteiger charge is -2.38. The van der Waals surface area contributed by atoms with E-state index in [2.05, 4.69) is 16.8 Å². The van der Waals surface area contributed by atoms with Crippen molar-refractivity contribution in [2.75, 3.05) is 32.8 Å². The van der Waals surface area contributed by atoms with Gasteiger partial charge in [-0.25, -0.2) is 4.98 Å². The van der Waals surface area contributed by atoms with Crippen LogP contribution in [0.2, 0.25) is 0 Å². The molecule has 2 aromatic rings. The number of nitrogens with zero attached hydrogens (tertiary/aromatic N) is 3. The van der Waals surface area contributed by atoms with Crippen molar-refractivity contribution in [2.45, 2.75) is 19.4 Å². The second-order valence-corrected chi connectivity index (χ2v) is 6.74. The van der Waals surface area contributed by atoms with Gasteiger partial charge in [-0.15, -0.1) is 11.3 Å². The van der Waals surface area contributed by atoms with E-state index in [0.29, 0.717) is 13.1 Å². The molecule has 1 aromatic carbocycles. The van der Waals surface area contributed by atoms with Crippen LogP contribution < -0.4 is 0 Å². The third-order valence-electron chi connectivity index (χ3n) is 4.66. The number of aliphatic hydroxyl groups is 1. The lowest BCUT2D eigenvalue weighted by molar-refractivity contribution is 0.0472. The number of amides is 1. The summed E-state index contributed by atoms with van der Waals surface area (Å²) in [4.78, 5) is 21.1. The molecule has 0 bridgehead atoms. The highest BCUT2D eigenvalue weighted by Gasteiger charge is 2.25. The van der Waals surface area contributed by atoms with Crippen molar-refractivity contribution in [3.63, 3.8) is 0 Å². The first-order valence-electron chi connectivity index (χ1n) is 8.35. The van der Waals surface area contributed by atoms with E-state index in [1.807, 2.05) is 40.1 Å². The number of piperazine rings is 1. The number of hydrogen-bond donors (Lipinski definition) is 1. The van der Waals surface area contributed by atoms with Gasteiger partial charge in [0.15, 0.2) is 0 Å². The zero-order chi connectivity index (χ0) is 16.9. The highest BCUT2D eigenvalue weighted by Crippen LogP contribution is 2.20. The van der Waals surface area contributed by atoms with Crippen LogP contribution in [0, 0.1) is 0 Å². The van der Waals surface area contributed by atoms with Crippen molar-refractivity contribution in [1.29, 1.82) is 0 Å². The average Bonchev–Trinajstić information content (AvgIpc) is 3.18. The molecule has 6 heteroatoms. The van der Waals surface area contributed by atoms with Crippen molar-refractivity contribution in [2.24, 2.45) is 0 Å². The summed E-state index contributed by atoms with van der Waals surface area (Å²) in [6.07, 6.45) is 0.933. The van der Waals surface area contributed by atoms with Crippen LogP contribution in [0.25, 0.3) is 11.3 Å². The van der Waals surface area contributed by atoms with Gasteiger partial charge in [0, 0.05) is 48.7 Å². The largest absolute Gasteiger partial charge is 0.395 e. The lowest BCUT2D eigenvalue weighted by atomic mass is 10.1. The van der Waals surface area contributed by atoms with Crippen LogP contribution in [0.4, 0.5) is 0 Å². The summed E-state index contributed by atoms with van der Waals surface area (Å²) in [5.41, 5.74) is 4.51. The van der Waals surface area contributed by atoms with Gasteiger partial charge in [-0.05, 0) is 18.6 Å². The Labute approximate surface area is 146 Å². The third-order valence-corrected chi connectivity index (χ3v) is 5.25. The van der Waals surface area contributed by atoms with E-state index in [4.69, 9.17) is 0 Å². The molecule has 1 amide bonds. The van der Waals surface area contributed by atoms with Crippen molar-refractivity contribution >= 4 is 17.2 Å². The zero-order valence-electron chi connectivity index (χ0n) is 13.9. The topological polar surface area (TPSA) is 56.7 Å². The Morgan fingerprint density at radius 2 is 1.96 bits per heavy atom. The summed E-state index contributed by atoms with van der Waals surface area (Å²) in [7, 11) is 0. The number of hydrogen-bond acceptors (Lipinski definition) is 5. The van der Waals surface area contributed by atoms with E-state index < -0.39 is 0 Å². The molecule has 1 saturated heterocycles. The van der Waals surface area contributed by atoms with Crippen molar-refractivity contribution in [1.82, 2.24) is 14.8 Å². The molecule has 0 radical (unpaired) electrons. The maximum absolute atomic E-state index is 12.7. The van der Waals surface area contributed by atoms with Crippen LogP contribution in [-0.2, 0) is 0 Å². The Balaban J connectivity index is 1.61. The molecule has 5 nitrogen and oxygen atoms in total. The molecule has 1 aliphatic rings. The maximum atomic E-state index is 12.7. The molecule has 0 aliphatic carbocycles. The predicted octanol–water partition coefficient (Wildman–Crippen LogP) is 2.34. The molecule has 24 heavy (non-hydrogen) atoms. The van der Waals surface area contributed by atoms with Gasteiger partial charge in [-0.2, -0.15) is 0 Å². The lowest BCUT2D eigenvalue weighted by Crippen LogP contribution is -2.52. The highest BCUT2D eigenvalue weighted by atomic mass is 32.1. The Kier molecular flexibility index (Phi) is 5.60. The fourth-order valence-corrected chi connectivity index (χ4v) is 3.68. The number of thiazole rings is 1. The van der Waals surface area contributed by atoms with E-state index in [0.717, 1.165) is 36.3 Å². The molecule has 1 unspecified atom stereocenters. The fourth-order valence-electron chi connectivity index (χ4n) is 3.11. The smallest absolute Gasteiger partial charge is 0.253 e. The molecule has 0 spiro atoms. The van der Waals surface area contributed by atoms with Gasteiger partial charge in [0.2, 0.25) is 0 Å². The highest BCUT2D eigenvalue weighted by molar-refractivity contribution is 7.07. The second kappa shape index (κ2) is 7.88. The first-order valence-corrected chi connectivity index (χ1v) is 9.30. The van der Waals surface area contributed by atoms with Gasteiger partial charge >= 0.3 is 0 Å². The first-order chi connectivity index (χ1) is 11.7. The van der Waals surface area contributed by atoms with E-state index >= 15 is 0 Å². The molecule has 1 N–H and O–H groups in total. The molecule has 3 rings (SSSR count). The molecular weight excluding hydrogens is 322 g/mol. The SMILES string of the molecule is CCC(CO)N1CCN(C(=O)c2ccc(-c3cscn3)cc2)CC1. The summed E-state index contributed by atoms with van der Waals surface area (Å²) >= 11 is 1.56. The monoisotopic (exact) mass is 345 g/mol. The number of benzene rings is 1. The van der Waals surface area contributed by atoms with E-state index in [9.17, 15) is 9.90 Å². The minimum absolute atomic E-state index is 0.0801. The maximum Gasteiger partial charge on any atom is 0.253 e. The van der Waals surface area contributed by atoms with Crippen molar-refractivity contribution in [3.8, 4) is 11.3 Å². The van der Waals surface area contributed by atoms with Crippen LogP contribution >= 0.6 is 11.3 Å². The second-order valence-electron chi connectivity index (χ2n) is 6.02. The molecule has 1 aromatic heterocycles. The molecule has 1 fully saturated rings. The number of aromatic nitrogens is 1. The Hall–Kier alpha value is -1.76. The van der Waals surface area contributed by atoms with Crippen LogP contribution in [-0.4, -0.2) is 64.6 Å². The normalized spacial score (nSPS) is 17.0. The first kappa shape index (κ1) is 17.1. The summed E-state index contributed by atoms with van der Waals surface area (Å²) in [6, 6.07) is 7.88. The van der Waals surface area contributed by atoms with Gasteiger partial charge in [0.1, 0.15) is 0 Å². The average molecular weight is 345 g/mol. The van der Waals surface area contributed by atoms with Crippen LogP contribution in [0.5, 0.6) is 0 Å². The zero-order valence-corrected chi connectivity index (χ0v) is 14.7. The summed E-state index contributed by atoms with van der Waals surface area (Å²) in [6.45, 7) is 5.33. The minimum Gasteiger partial charge on any atom is -0.395 e. The third kappa shape index (κ3) is 3.66. The number of rotatable bonds is 5. The summed E-state index contributed by atoms with van der Waals surface area (Å²) in [5, 5.41) is 11.4. The number of carbonyl (C=O) groups excluding carboxylic acids is 1. The Bertz CT molecular complexity index is 645. The van der Waals surface area contributed by atoms with Crippen molar-refractivity contribution in [3.05, 3.63) is 40.7 Å². The molecule has 1 atom stereocenters. The van der Waals surface area contributed by atoms with Gasteiger partial charge in [0.05, 0.1) is 17.8 Å².